The van der Waals surface area contributed by atoms with Gasteiger partial charge in [-0.1, -0.05) is 60.7 Å². The van der Waals surface area contributed by atoms with Crippen LogP contribution >= 0.6 is 22.6 Å². The van der Waals surface area contributed by atoms with Gasteiger partial charge in [-0.2, -0.15) is 0 Å². The lowest BCUT2D eigenvalue weighted by Gasteiger charge is -2.19. The number of aliphatic carboxylic acids is 1. The molecule has 1 aliphatic carbocycles. The second-order valence-corrected chi connectivity index (χ2v) is 8.42. The van der Waals surface area contributed by atoms with Gasteiger partial charge >= 0.3 is 12.1 Å². The van der Waals surface area contributed by atoms with Crippen LogP contribution in [-0.4, -0.2) is 23.8 Å². The number of hydrogen-bond donors (Lipinski definition) is 2. The van der Waals surface area contributed by atoms with E-state index in [1.54, 1.807) is 0 Å². The van der Waals surface area contributed by atoms with Gasteiger partial charge in [-0.3, -0.25) is 4.79 Å². The van der Waals surface area contributed by atoms with Gasteiger partial charge in [0.25, 0.3) is 0 Å². The van der Waals surface area contributed by atoms with E-state index >= 15 is 0 Å². The maximum atomic E-state index is 12.5. The Bertz CT molecular complexity index is 1040. The normalized spacial score (nSPS) is 13.2. The van der Waals surface area contributed by atoms with Crippen molar-refractivity contribution in [2.45, 2.75) is 18.4 Å². The molecule has 0 aromatic heterocycles. The van der Waals surface area contributed by atoms with E-state index in [2.05, 4.69) is 52.2 Å². The zero-order valence-electron chi connectivity index (χ0n) is 16.0. The molecular formula is C24H20INO4. The van der Waals surface area contributed by atoms with Crippen LogP contribution in [0, 0.1) is 3.57 Å². The molecule has 0 saturated carbocycles. The lowest BCUT2D eigenvalue weighted by atomic mass is 9.98. The molecule has 0 heterocycles. The molecular weight excluding hydrogens is 493 g/mol. The van der Waals surface area contributed by atoms with Crippen molar-refractivity contribution < 1.29 is 19.4 Å². The zero-order valence-corrected chi connectivity index (χ0v) is 18.2. The van der Waals surface area contributed by atoms with Crippen molar-refractivity contribution in [2.75, 3.05) is 6.61 Å². The van der Waals surface area contributed by atoms with E-state index in [9.17, 15) is 14.7 Å². The number of rotatable bonds is 6. The summed E-state index contributed by atoms with van der Waals surface area (Å²) >= 11 is 2.18. The van der Waals surface area contributed by atoms with E-state index in [-0.39, 0.29) is 18.9 Å². The average molecular weight is 513 g/mol. The molecule has 0 aliphatic heterocycles. The summed E-state index contributed by atoms with van der Waals surface area (Å²) in [4.78, 5) is 23.8. The van der Waals surface area contributed by atoms with Crippen LogP contribution in [0.5, 0.6) is 0 Å². The van der Waals surface area contributed by atoms with Gasteiger partial charge in [0.05, 0.1) is 12.5 Å². The van der Waals surface area contributed by atoms with E-state index in [0.717, 1.165) is 31.4 Å². The van der Waals surface area contributed by atoms with Gasteiger partial charge < -0.3 is 15.2 Å². The van der Waals surface area contributed by atoms with E-state index in [0.29, 0.717) is 0 Å². The first-order chi connectivity index (χ1) is 14.5. The number of amides is 1. The SMILES string of the molecule is O=C(O)C[C@@H](NC(=O)OCC1c2ccccc2-c2ccccc21)c1ccc(I)cc1. The van der Waals surface area contributed by atoms with Crippen LogP contribution in [0.2, 0.25) is 0 Å². The highest BCUT2D eigenvalue weighted by Crippen LogP contribution is 2.44. The summed E-state index contributed by atoms with van der Waals surface area (Å²) in [5, 5.41) is 12.0. The zero-order chi connectivity index (χ0) is 21.1. The lowest BCUT2D eigenvalue weighted by molar-refractivity contribution is -0.137. The van der Waals surface area contributed by atoms with Crippen molar-refractivity contribution in [3.8, 4) is 11.1 Å². The largest absolute Gasteiger partial charge is 0.481 e. The first-order valence-electron chi connectivity index (χ1n) is 9.61. The number of carboxylic acids is 1. The highest BCUT2D eigenvalue weighted by molar-refractivity contribution is 14.1. The topological polar surface area (TPSA) is 75.6 Å². The maximum absolute atomic E-state index is 12.5. The number of nitrogens with one attached hydrogen (secondary N) is 1. The van der Waals surface area contributed by atoms with E-state index in [4.69, 9.17) is 4.74 Å². The fourth-order valence-corrected chi connectivity index (χ4v) is 4.26. The van der Waals surface area contributed by atoms with Crippen LogP contribution in [0.3, 0.4) is 0 Å². The van der Waals surface area contributed by atoms with Crippen molar-refractivity contribution in [2.24, 2.45) is 0 Å². The number of benzene rings is 3. The summed E-state index contributed by atoms with van der Waals surface area (Å²) in [6, 6.07) is 23.0. The van der Waals surface area contributed by atoms with Crippen LogP contribution < -0.4 is 5.32 Å². The molecule has 4 rings (SSSR count). The Hall–Kier alpha value is -2.87. The molecule has 152 valence electrons. The van der Waals surface area contributed by atoms with Crippen LogP contribution in [0.4, 0.5) is 4.79 Å². The Morgan fingerprint density at radius 1 is 0.933 bits per heavy atom. The Morgan fingerprint density at radius 3 is 2.07 bits per heavy atom. The molecule has 5 nitrogen and oxygen atoms in total. The van der Waals surface area contributed by atoms with Crippen molar-refractivity contribution in [3.05, 3.63) is 93.1 Å². The first kappa shape index (κ1) is 20.4. The minimum atomic E-state index is -0.988. The molecule has 0 bridgehead atoms. The molecule has 0 fully saturated rings. The number of halogens is 1. The minimum Gasteiger partial charge on any atom is -0.481 e. The molecule has 1 atom stereocenters. The number of ether oxygens (including phenoxy) is 1. The van der Waals surface area contributed by atoms with Crippen LogP contribution in [0.15, 0.2) is 72.8 Å². The lowest BCUT2D eigenvalue weighted by Crippen LogP contribution is -2.31. The Balaban J connectivity index is 1.47. The van der Waals surface area contributed by atoms with Gasteiger partial charge in [-0.15, -0.1) is 0 Å². The summed E-state index contributed by atoms with van der Waals surface area (Å²) in [6.45, 7) is 0.187. The van der Waals surface area contributed by atoms with Gasteiger partial charge in [0, 0.05) is 9.49 Å². The van der Waals surface area contributed by atoms with Crippen LogP contribution in [0.25, 0.3) is 11.1 Å². The predicted molar refractivity (Wildman–Crippen MR) is 122 cm³/mol. The quantitative estimate of drug-likeness (QED) is 0.436. The Kier molecular flexibility index (Phi) is 6.03. The molecule has 0 radical (unpaired) electrons. The average Bonchev–Trinajstić information content (AvgIpc) is 3.06. The van der Waals surface area contributed by atoms with E-state index in [1.165, 1.54) is 0 Å². The van der Waals surface area contributed by atoms with Crippen LogP contribution in [-0.2, 0) is 9.53 Å². The summed E-state index contributed by atoms with van der Waals surface area (Å²) in [5.41, 5.74) is 5.30. The second-order valence-electron chi connectivity index (χ2n) is 7.17. The summed E-state index contributed by atoms with van der Waals surface area (Å²) in [5.74, 6) is -1.03. The molecule has 2 N–H and O–H groups in total. The second kappa shape index (κ2) is 8.87. The van der Waals surface area contributed by atoms with Gasteiger partial charge in [0.1, 0.15) is 6.61 Å². The number of carbonyl (C=O) groups is 2. The smallest absolute Gasteiger partial charge is 0.407 e. The van der Waals surface area contributed by atoms with Gasteiger partial charge in [-0.25, -0.2) is 4.79 Å². The third-order valence-corrected chi connectivity index (χ3v) is 6.01. The number of fused-ring (bicyclic) bond motifs is 3. The van der Waals surface area contributed by atoms with E-state index in [1.807, 2.05) is 48.5 Å². The number of carbonyl (C=O) groups excluding carboxylic acids is 1. The third-order valence-electron chi connectivity index (χ3n) is 5.29. The highest BCUT2D eigenvalue weighted by Gasteiger charge is 2.29. The van der Waals surface area contributed by atoms with Gasteiger partial charge in [-0.05, 0) is 62.5 Å². The van der Waals surface area contributed by atoms with Crippen molar-refractivity contribution in [3.63, 3.8) is 0 Å². The van der Waals surface area contributed by atoms with Gasteiger partial charge in [0.2, 0.25) is 0 Å². The minimum absolute atomic E-state index is 0.0422. The molecule has 0 unspecified atom stereocenters. The molecule has 6 heteroatoms. The first-order valence-corrected chi connectivity index (χ1v) is 10.7. The number of alkyl carbamates (subject to hydrolysis) is 1. The summed E-state index contributed by atoms with van der Waals surface area (Å²) in [6.07, 6.45) is -0.841. The van der Waals surface area contributed by atoms with Crippen molar-refractivity contribution in [1.29, 1.82) is 0 Å². The Labute approximate surface area is 188 Å². The van der Waals surface area contributed by atoms with Crippen molar-refractivity contribution >= 4 is 34.7 Å². The fourth-order valence-electron chi connectivity index (χ4n) is 3.90. The molecule has 0 spiro atoms. The van der Waals surface area contributed by atoms with Crippen LogP contribution in [0.1, 0.15) is 35.1 Å². The maximum Gasteiger partial charge on any atom is 0.407 e. The summed E-state index contributed by atoms with van der Waals surface area (Å²) < 4.78 is 6.59. The summed E-state index contributed by atoms with van der Waals surface area (Å²) in [7, 11) is 0. The van der Waals surface area contributed by atoms with Crippen molar-refractivity contribution in [1.82, 2.24) is 5.32 Å². The molecule has 3 aromatic rings. The predicted octanol–water partition coefficient (Wildman–Crippen LogP) is 5.35. The standard InChI is InChI=1S/C24H20INO4/c25-16-11-9-15(10-12-16)22(13-23(27)28)26-24(29)30-14-21-19-7-3-1-5-17(19)18-6-2-4-8-20(18)21/h1-12,21-22H,13-14H2,(H,26,29)(H,27,28)/t22-/m1/s1. The monoisotopic (exact) mass is 513 g/mol. The van der Waals surface area contributed by atoms with E-state index < -0.39 is 18.1 Å². The highest BCUT2D eigenvalue weighted by atomic mass is 127. The fraction of sp³-hybridized carbons (Fsp3) is 0.167. The van der Waals surface area contributed by atoms with Gasteiger partial charge in [0.15, 0.2) is 0 Å². The molecule has 3 aromatic carbocycles. The number of carboxylic acid groups (broad SMARTS) is 1. The molecule has 0 saturated heterocycles. The molecule has 1 aliphatic rings. The number of hydrogen-bond acceptors (Lipinski definition) is 3. The molecule has 1 amide bonds. The molecule has 30 heavy (non-hydrogen) atoms. The Morgan fingerprint density at radius 2 is 1.50 bits per heavy atom. The third kappa shape index (κ3) is 4.33.